The smallest absolute Gasteiger partial charge is 0.312 e. The molecular formula is C17H14FIN4O3. The lowest BCUT2D eigenvalue weighted by atomic mass is 10.2. The second kappa shape index (κ2) is 7.17. The highest BCUT2D eigenvalue weighted by molar-refractivity contribution is 14.1. The minimum Gasteiger partial charge on any atom is -0.448 e. The fourth-order valence-electron chi connectivity index (χ4n) is 2.48. The summed E-state index contributed by atoms with van der Waals surface area (Å²) in [6.07, 6.45) is 3.04. The third kappa shape index (κ3) is 3.37. The van der Waals surface area contributed by atoms with E-state index in [0.717, 1.165) is 3.57 Å². The van der Waals surface area contributed by atoms with Gasteiger partial charge in [-0.1, -0.05) is 0 Å². The monoisotopic (exact) mass is 468 g/mol. The lowest BCUT2D eigenvalue weighted by Crippen LogP contribution is -2.51. The topological polar surface area (TPSA) is 88.4 Å². The molecule has 1 aliphatic heterocycles. The fourth-order valence-corrected chi connectivity index (χ4v) is 2.93. The summed E-state index contributed by atoms with van der Waals surface area (Å²) >= 11 is 2.03. The van der Waals surface area contributed by atoms with Gasteiger partial charge in [0.25, 0.3) is 0 Å². The molecule has 0 unspecified atom stereocenters. The number of aromatic nitrogens is 1. The van der Waals surface area contributed by atoms with Crippen molar-refractivity contribution in [1.82, 2.24) is 15.8 Å². The van der Waals surface area contributed by atoms with E-state index in [0.29, 0.717) is 29.7 Å². The van der Waals surface area contributed by atoms with Crippen LogP contribution in [0.1, 0.15) is 10.6 Å². The van der Waals surface area contributed by atoms with Crippen LogP contribution in [0.15, 0.2) is 41.1 Å². The Labute approximate surface area is 161 Å². The van der Waals surface area contributed by atoms with E-state index in [1.165, 1.54) is 6.07 Å². The van der Waals surface area contributed by atoms with Gasteiger partial charge >= 0.3 is 5.91 Å². The maximum Gasteiger partial charge on any atom is 0.312 e. The Morgan fingerprint density at radius 3 is 2.96 bits per heavy atom. The summed E-state index contributed by atoms with van der Waals surface area (Å²) in [6.45, 7) is 1.34. The molecule has 3 N–H and O–H groups in total. The Hall–Kier alpha value is -2.24. The summed E-state index contributed by atoms with van der Waals surface area (Å²) in [7, 11) is 0. The van der Waals surface area contributed by atoms with E-state index in [4.69, 9.17) is 9.25 Å². The Bertz CT molecular complexity index is 974. The maximum atomic E-state index is 14.2. The number of nitrogens with zero attached hydrogens (tertiary/aromatic N) is 1. The molecule has 1 aliphatic rings. The first kappa shape index (κ1) is 17.2. The van der Waals surface area contributed by atoms with Crippen molar-refractivity contribution < 1.29 is 18.4 Å². The summed E-state index contributed by atoms with van der Waals surface area (Å²) in [4.78, 5) is 21.9. The number of fused-ring (bicyclic) bond motifs is 1. The van der Waals surface area contributed by atoms with Gasteiger partial charge in [0.15, 0.2) is 0 Å². The SMILES string of the molecule is O=C(NOC1CNC1)c1oc2ccncc2c1Nc1ccc(I)cc1F. The van der Waals surface area contributed by atoms with Gasteiger partial charge in [0.2, 0.25) is 5.76 Å². The minimum atomic E-state index is -0.554. The predicted molar refractivity (Wildman–Crippen MR) is 102 cm³/mol. The van der Waals surface area contributed by atoms with Gasteiger partial charge in [0.1, 0.15) is 23.2 Å². The van der Waals surface area contributed by atoms with Crippen LogP contribution in [0.2, 0.25) is 0 Å². The van der Waals surface area contributed by atoms with Gasteiger partial charge in [0, 0.05) is 29.1 Å². The van der Waals surface area contributed by atoms with Crippen LogP contribution in [0.25, 0.3) is 11.0 Å². The van der Waals surface area contributed by atoms with Crippen LogP contribution in [-0.2, 0) is 4.84 Å². The average Bonchev–Trinajstić information content (AvgIpc) is 2.94. The van der Waals surface area contributed by atoms with Crippen LogP contribution in [0, 0.1) is 9.39 Å². The maximum absolute atomic E-state index is 14.2. The van der Waals surface area contributed by atoms with Crippen molar-refractivity contribution in [2.24, 2.45) is 0 Å². The molecular weight excluding hydrogens is 454 g/mol. The normalized spacial score (nSPS) is 14.2. The largest absolute Gasteiger partial charge is 0.448 e. The zero-order chi connectivity index (χ0) is 18.1. The number of halogens is 2. The second-order valence-corrected chi connectivity index (χ2v) is 7.00. The molecule has 9 heteroatoms. The van der Waals surface area contributed by atoms with E-state index < -0.39 is 11.7 Å². The molecule has 0 spiro atoms. The number of pyridine rings is 1. The molecule has 4 rings (SSSR count). The number of carbonyl (C=O) groups excluding carboxylic acids is 1. The molecule has 0 radical (unpaired) electrons. The summed E-state index contributed by atoms with van der Waals surface area (Å²) in [5, 5.41) is 6.56. The van der Waals surface area contributed by atoms with E-state index in [1.807, 2.05) is 22.6 Å². The average molecular weight is 468 g/mol. The first-order valence-electron chi connectivity index (χ1n) is 7.87. The minimum absolute atomic E-state index is 0.00164. The number of amides is 1. The Morgan fingerprint density at radius 2 is 2.23 bits per heavy atom. The van der Waals surface area contributed by atoms with Crippen LogP contribution in [0.3, 0.4) is 0 Å². The number of hydroxylamine groups is 1. The van der Waals surface area contributed by atoms with Crippen molar-refractivity contribution in [1.29, 1.82) is 0 Å². The summed E-state index contributed by atoms with van der Waals surface area (Å²) in [5.41, 5.74) is 3.41. The molecule has 0 aliphatic carbocycles. The van der Waals surface area contributed by atoms with Crippen LogP contribution >= 0.6 is 22.6 Å². The fraction of sp³-hybridized carbons (Fsp3) is 0.176. The van der Waals surface area contributed by atoms with Gasteiger partial charge in [0.05, 0.1) is 11.1 Å². The summed E-state index contributed by atoms with van der Waals surface area (Å²) in [5.74, 6) is -0.988. The zero-order valence-corrected chi connectivity index (χ0v) is 15.5. The number of benzene rings is 1. The third-order valence-corrected chi connectivity index (χ3v) is 4.62. The van der Waals surface area contributed by atoms with E-state index >= 15 is 0 Å². The molecule has 0 atom stereocenters. The van der Waals surface area contributed by atoms with Crippen molar-refractivity contribution in [3.8, 4) is 0 Å². The van der Waals surface area contributed by atoms with Crippen LogP contribution in [0.5, 0.6) is 0 Å². The van der Waals surface area contributed by atoms with Crippen molar-refractivity contribution in [3.05, 3.63) is 51.8 Å². The predicted octanol–water partition coefficient (Wildman–Crippen LogP) is 2.95. The molecule has 0 saturated carbocycles. The number of hydrogen-bond donors (Lipinski definition) is 3. The number of rotatable bonds is 5. The summed E-state index contributed by atoms with van der Waals surface area (Å²) in [6, 6.07) is 6.40. The van der Waals surface area contributed by atoms with Crippen LogP contribution in [0.4, 0.5) is 15.8 Å². The molecule has 1 aromatic carbocycles. The van der Waals surface area contributed by atoms with Crippen molar-refractivity contribution >= 4 is 50.8 Å². The zero-order valence-electron chi connectivity index (χ0n) is 13.4. The lowest BCUT2D eigenvalue weighted by Gasteiger charge is -2.26. The van der Waals surface area contributed by atoms with E-state index in [9.17, 15) is 9.18 Å². The molecule has 2 aromatic heterocycles. The van der Waals surface area contributed by atoms with Gasteiger partial charge in [-0.3, -0.25) is 14.6 Å². The second-order valence-electron chi connectivity index (χ2n) is 5.76. The van der Waals surface area contributed by atoms with Gasteiger partial charge in [-0.2, -0.15) is 0 Å². The van der Waals surface area contributed by atoms with Gasteiger partial charge < -0.3 is 15.1 Å². The molecule has 3 aromatic rings. The number of furan rings is 1. The molecule has 26 heavy (non-hydrogen) atoms. The van der Waals surface area contributed by atoms with Gasteiger partial charge in [-0.25, -0.2) is 9.87 Å². The number of anilines is 2. The number of carbonyl (C=O) groups is 1. The highest BCUT2D eigenvalue weighted by Crippen LogP contribution is 2.33. The lowest BCUT2D eigenvalue weighted by molar-refractivity contribution is -0.0390. The highest BCUT2D eigenvalue weighted by atomic mass is 127. The van der Waals surface area contributed by atoms with E-state index in [2.05, 4.69) is 21.1 Å². The molecule has 1 saturated heterocycles. The third-order valence-electron chi connectivity index (χ3n) is 3.95. The van der Waals surface area contributed by atoms with Crippen molar-refractivity contribution in [2.45, 2.75) is 6.10 Å². The molecule has 3 heterocycles. The molecule has 7 nitrogen and oxygen atoms in total. The van der Waals surface area contributed by atoms with Crippen molar-refractivity contribution in [2.75, 3.05) is 18.4 Å². The number of nitrogens with one attached hydrogen (secondary N) is 3. The quantitative estimate of drug-likeness (QED) is 0.395. The van der Waals surface area contributed by atoms with Crippen LogP contribution in [-0.4, -0.2) is 30.1 Å². The van der Waals surface area contributed by atoms with Crippen molar-refractivity contribution in [3.63, 3.8) is 0 Å². The highest BCUT2D eigenvalue weighted by Gasteiger charge is 2.24. The first-order chi connectivity index (χ1) is 12.6. The molecule has 0 bridgehead atoms. The van der Waals surface area contributed by atoms with E-state index in [1.54, 1.807) is 30.6 Å². The van der Waals surface area contributed by atoms with Crippen LogP contribution < -0.4 is 16.1 Å². The number of hydrogen-bond acceptors (Lipinski definition) is 6. The van der Waals surface area contributed by atoms with Gasteiger partial charge in [-0.15, -0.1) is 0 Å². The Kier molecular flexibility index (Phi) is 4.74. The molecule has 134 valence electrons. The standard InChI is InChI=1S/C17H14FIN4O3/c18-12-5-9(19)1-2-13(12)22-15-11-8-20-4-3-14(11)25-16(15)17(24)23-26-10-6-21-7-10/h1-5,8,10,21-22H,6-7H2,(H,23,24). The van der Waals surface area contributed by atoms with E-state index in [-0.39, 0.29) is 17.6 Å². The summed E-state index contributed by atoms with van der Waals surface area (Å²) < 4.78 is 20.7. The Balaban J connectivity index is 1.67. The van der Waals surface area contributed by atoms with Gasteiger partial charge in [-0.05, 0) is 46.9 Å². The first-order valence-corrected chi connectivity index (χ1v) is 8.95. The molecule has 1 amide bonds. The Morgan fingerprint density at radius 1 is 1.38 bits per heavy atom. The molecule has 1 fully saturated rings.